The van der Waals surface area contributed by atoms with Crippen LogP contribution in [0.1, 0.15) is 50.8 Å². The van der Waals surface area contributed by atoms with Crippen molar-refractivity contribution < 1.29 is 9.84 Å². The molecule has 0 aromatic carbocycles. The summed E-state index contributed by atoms with van der Waals surface area (Å²) in [6.07, 6.45) is 1.92. The van der Waals surface area contributed by atoms with Crippen LogP contribution in [0.5, 0.6) is 0 Å². The van der Waals surface area contributed by atoms with Crippen molar-refractivity contribution in [3.8, 4) is 0 Å². The summed E-state index contributed by atoms with van der Waals surface area (Å²) in [6, 6.07) is 0. The summed E-state index contributed by atoms with van der Waals surface area (Å²) < 4.78 is 5.78. The van der Waals surface area contributed by atoms with Gasteiger partial charge in [0.2, 0.25) is 0 Å². The highest BCUT2D eigenvalue weighted by atomic mass is 32.1. The fraction of sp³-hybridized carbons (Fsp3) is 0.800. The van der Waals surface area contributed by atoms with E-state index >= 15 is 0 Å². The molecule has 0 amide bonds. The summed E-state index contributed by atoms with van der Waals surface area (Å²) in [7, 11) is 0. The number of hydrogen-bond acceptors (Lipinski definition) is 5. The highest BCUT2D eigenvalue weighted by molar-refractivity contribution is 7.15. The maximum Gasteiger partial charge on any atom is 0.186 e. The molecular formula is C15H24N2O2S. The molecule has 1 unspecified atom stereocenters. The van der Waals surface area contributed by atoms with E-state index in [4.69, 9.17) is 9.72 Å². The molecule has 3 atom stereocenters. The SMILES string of the molecule is C[C@@H]1CN(c2nc3c(s2)C(O)CC(C)(C)C3)C[C@H](C)O1. The fourth-order valence-electron chi connectivity index (χ4n) is 3.35. The highest BCUT2D eigenvalue weighted by Crippen LogP contribution is 2.44. The van der Waals surface area contributed by atoms with E-state index in [0.717, 1.165) is 41.6 Å². The third-order valence-corrected chi connectivity index (χ3v) is 5.36. The van der Waals surface area contributed by atoms with Gasteiger partial charge in [0.05, 0.1) is 28.9 Å². The predicted molar refractivity (Wildman–Crippen MR) is 81.4 cm³/mol. The molecule has 1 N–H and O–H groups in total. The number of aliphatic hydroxyl groups excluding tert-OH is 1. The minimum atomic E-state index is -0.351. The second kappa shape index (κ2) is 4.97. The van der Waals surface area contributed by atoms with E-state index in [0.29, 0.717) is 0 Å². The number of fused-ring (bicyclic) bond motifs is 1. The molecule has 112 valence electrons. The number of thiazole rings is 1. The van der Waals surface area contributed by atoms with Gasteiger partial charge in [-0.1, -0.05) is 25.2 Å². The Morgan fingerprint density at radius 3 is 2.60 bits per heavy atom. The Kier molecular flexibility index (Phi) is 3.55. The molecule has 1 saturated heterocycles. The number of aromatic nitrogens is 1. The van der Waals surface area contributed by atoms with Crippen LogP contribution in [0.25, 0.3) is 0 Å². The van der Waals surface area contributed by atoms with E-state index in [1.165, 1.54) is 0 Å². The summed E-state index contributed by atoms with van der Waals surface area (Å²) in [4.78, 5) is 8.20. The van der Waals surface area contributed by atoms with Crippen LogP contribution in [0.15, 0.2) is 0 Å². The number of hydrogen-bond donors (Lipinski definition) is 1. The molecule has 1 aromatic heterocycles. The van der Waals surface area contributed by atoms with E-state index in [1.807, 2.05) is 0 Å². The maximum absolute atomic E-state index is 10.3. The lowest BCUT2D eigenvalue weighted by atomic mass is 9.77. The van der Waals surface area contributed by atoms with E-state index in [-0.39, 0.29) is 23.7 Å². The summed E-state index contributed by atoms with van der Waals surface area (Å²) in [6.45, 7) is 10.4. The van der Waals surface area contributed by atoms with Crippen LogP contribution in [0, 0.1) is 5.41 Å². The average molecular weight is 296 g/mol. The first-order chi connectivity index (χ1) is 9.34. The number of rotatable bonds is 1. The molecule has 20 heavy (non-hydrogen) atoms. The lowest BCUT2D eigenvalue weighted by molar-refractivity contribution is -0.00524. The molecule has 1 aromatic rings. The van der Waals surface area contributed by atoms with Gasteiger partial charge in [0, 0.05) is 13.1 Å². The Labute approximate surface area is 124 Å². The molecule has 0 saturated carbocycles. The second-order valence-electron chi connectivity index (χ2n) is 7.03. The molecule has 1 aliphatic heterocycles. The normalized spacial score (nSPS) is 33.0. The Hall–Kier alpha value is -0.650. The van der Waals surface area contributed by atoms with E-state index in [1.54, 1.807) is 11.3 Å². The van der Waals surface area contributed by atoms with Gasteiger partial charge >= 0.3 is 0 Å². The molecule has 1 fully saturated rings. The summed E-state index contributed by atoms with van der Waals surface area (Å²) in [5.74, 6) is 0. The van der Waals surface area contributed by atoms with Crippen molar-refractivity contribution in [1.82, 2.24) is 4.98 Å². The Morgan fingerprint density at radius 1 is 1.30 bits per heavy atom. The first kappa shape index (κ1) is 14.3. The highest BCUT2D eigenvalue weighted by Gasteiger charge is 2.35. The molecule has 5 heteroatoms. The quantitative estimate of drug-likeness (QED) is 0.865. The van der Waals surface area contributed by atoms with Gasteiger partial charge in [0.1, 0.15) is 0 Å². The number of nitrogens with zero attached hydrogens (tertiary/aromatic N) is 2. The molecular weight excluding hydrogens is 272 g/mol. The average Bonchev–Trinajstić information content (AvgIpc) is 2.69. The number of anilines is 1. The number of morpholine rings is 1. The summed E-state index contributed by atoms with van der Waals surface area (Å²) >= 11 is 1.66. The fourth-order valence-corrected chi connectivity index (χ4v) is 4.43. The zero-order valence-electron chi connectivity index (χ0n) is 12.7. The van der Waals surface area contributed by atoms with Crippen LogP contribution in [0.2, 0.25) is 0 Å². The Balaban J connectivity index is 1.86. The summed E-state index contributed by atoms with van der Waals surface area (Å²) in [5, 5.41) is 11.4. The van der Waals surface area contributed by atoms with Gasteiger partial charge in [0.25, 0.3) is 0 Å². The Morgan fingerprint density at radius 2 is 1.95 bits per heavy atom. The van der Waals surface area contributed by atoms with Crippen molar-refractivity contribution in [3.05, 3.63) is 10.6 Å². The maximum atomic E-state index is 10.3. The third kappa shape index (κ3) is 2.71. The third-order valence-electron chi connectivity index (χ3n) is 4.10. The van der Waals surface area contributed by atoms with Crippen molar-refractivity contribution in [2.45, 2.75) is 58.8 Å². The van der Waals surface area contributed by atoms with E-state index in [2.05, 4.69) is 32.6 Å². The van der Waals surface area contributed by atoms with Crippen molar-refractivity contribution >= 4 is 16.5 Å². The van der Waals surface area contributed by atoms with Crippen LogP contribution < -0.4 is 4.90 Å². The van der Waals surface area contributed by atoms with Gasteiger partial charge in [-0.15, -0.1) is 0 Å². The molecule has 3 rings (SSSR count). The minimum Gasteiger partial charge on any atom is -0.387 e. The molecule has 2 heterocycles. The molecule has 0 bridgehead atoms. The van der Waals surface area contributed by atoms with Gasteiger partial charge in [-0.2, -0.15) is 0 Å². The van der Waals surface area contributed by atoms with Gasteiger partial charge in [-0.05, 0) is 32.1 Å². The van der Waals surface area contributed by atoms with Crippen molar-refractivity contribution in [1.29, 1.82) is 0 Å². The molecule has 0 radical (unpaired) electrons. The molecule has 0 spiro atoms. The van der Waals surface area contributed by atoms with Crippen LogP contribution in [0.4, 0.5) is 5.13 Å². The van der Waals surface area contributed by atoms with Crippen molar-refractivity contribution in [2.75, 3.05) is 18.0 Å². The Bertz CT molecular complexity index is 490. The molecule has 4 nitrogen and oxygen atoms in total. The smallest absolute Gasteiger partial charge is 0.186 e. The van der Waals surface area contributed by atoms with Crippen molar-refractivity contribution in [3.63, 3.8) is 0 Å². The minimum absolute atomic E-state index is 0.142. The zero-order chi connectivity index (χ0) is 14.5. The van der Waals surface area contributed by atoms with Gasteiger partial charge < -0.3 is 14.7 Å². The second-order valence-corrected chi connectivity index (χ2v) is 8.04. The van der Waals surface area contributed by atoms with Crippen LogP contribution >= 0.6 is 11.3 Å². The standard InChI is InChI=1S/C15H24N2O2S/c1-9-7-17(8-10(2)19-9)14-16-11-5-15(3,4)6-12(18)13(11)20-14/h9-10,12,18H,5-8H2,1-4H3/t9-,10+,12?. The zero-order valence-corrected chi connectivity index (χ0v) is 13.5. The predicted octanol–water partition coefficient (Wildman–Crippen LogP) is 2.76. The van der Waals surface area contributed by atoms with Gasteiger partial charge in [0.15, 0.2) is 5.13 Å². The van der Waals surface area contributed by atoms with Crippen LogP contribution in [0.3, 0.4) is 0 Å². The molecule has 1 aliphatic carbocycles. The van der Waals surface area contributed by atoms with Crippen molar-refractivity contribution in [2.24, 2.45) is 5.41 Å². The van der Waals surface area contributed by atoms with Crippen LogP contribution in [-0.2, 0) is 11.2 Å². The number of ether oxygens (including phenoxy) is 1. The van der Waals surface area contributed by atoms with E-state index < -0.39 is 0 Å². The topological polar surface area (TPSA) is 45.6 Å². The molecule has 2 aliphatic rings. The van der Waals surface area contributed by atoms with E-state index in [9.17, 15) is 5.11 Å². The van der Waals surface area contributed by atoms with Gasteiger partial charge in [-0.3, -0.25) is 0 Å². The number of aliphatic hydroxyl groups is 1. The summed E-state index contributed by atoms with van der Waals surface area (Å²) in [5.41, 5.74) is 1.24. The lowest BCUT2D eigenvalue weighted by Gasteiger charge is -2.35. The van der Waals surface area contributed by atoms with Gasteiger partial charge in [-0.25, -0.2) is 4.98 Å². The first-order valence-electron chi connectivity index (χ1n) is 7.42. The lowest BCUT2D eigenvalue weighted by Crippen LogP contribution is -2.45. The largest absolute Gasteiger partial charge is 0.387 e. The monoisotopic (exact) mass is 296 g/mol. The van der Waals surface area contributed by atoms with Crippen LogP contribution in [-0.4, -0.2) is 35.4 Å². The first-order valence-corrected chi connectivity index (χ1v) is 8.24.